The number of pyridine rings is 3. The maximum atomic E-state index is 12.9. The van der Waals surface area contributed by atoms with Gasteiger partial charge in [-0.1, -0.05) is 23.7 Å². The summed E-state index contributed by atoms with van der Waals surface area (Å²) in [6, 6.07) is 9.90. The summed E-state index contributed by atoms with van der Waals surface area (Å²) in [5, 5.41) is 13.4. The van der Waals surface area contributed by atoms with Crippen LogP contribution in [-0.2, 0) is 12.7 Å². The molecule has 7 nitrogen and oxygen atoms in total. The minimum absolute atomic E-state index is 0.156. The van der Waals surface area contributed by atoms with Crippen molar-refractivity contribution in [2.24, 2.45) is 0 Å². The van der Waals surface area contributed by atoms with Crippen molar-refractivity contribution in [2.75, 3.05) is 5.32 Å². The molecule has 0 atom stereocenters. The highest BCUT2D eigenvalue weighted by atomic mass is 35.5. The molecule has 0 unspecified atom stereocenters. The molecule has 158 valence electrons. The minimum atomic E-state index is -4.58. The molecule has 0 radical (unpaired) electrons. The highest BCUT2D eigenvalue weighted by Crippen LogP contribution is 2.30. The van der Waals surface area contributed by atoms with Crippen molar-refractivity contribution in [3.63, 3.8) is 0 Å². The zero-order chi connectivity index (χ0) is 22.2. The molecule has 4 aromatic heterocycles. The van der Waals surface area contributed by atoms with Gasteiger partial charge in [0.15, 0.2) is 0 Å². The van der Waals surface area contributed by atoms with E-state index in [1.54, 1.807) is 36.5 Å². The van der Waals surface area contributed by atoms with Gasteiger partial charge < -0.3 is 10.4 Å². The number of hydrogen-bond acceptors (Lipinski definition) is 4. The second-order valence-corrected chi connectivity index (χ2v) is 6.95. The number of rotatable bonds is 4. The molecular weight excluding hydrogens is 435 g/mol. The normalized spacial score (nSPS) is 11.6. The Balaban J connectivity index is 1.72. The molecule has 0 fully saturated rings. The minimum Gasteiger partial charge on any atom is -0.474 e. The number of nitrogens with zero attached hydrogens (tertiary/aromatic N) is 4. The van der Waals surface area contributed by atoms with E-state index >= 15 is 0 Å². The summed E-state index contributed by atoms with van der Waals surface area (Å²) >= 11 is 5.80. The molecule has 0 spiro atoms. The van der Waals surface area contributed by atoms with Crippen molar-refractivity contribution in [3.8, 4) is 5.88 Å². The number of carbonyl (C=O) groups excluding carboxylic acids is 1. The Bertz CT molecular complexity index is 1270. The number of aromatic nitrogens is 4. The van der Waals surface area contributed by atoms with Gasteiger partial charge in [0.1, 0.15) is 17.5 Å². The van der Waals surface area contributed by atoms with Crippen molar-refractivity contribution in [1.29, 1.82) is 0 Å². The van der Waals surface area contributed by atoms with Crippen LogP contribution < -0.4 is 9.88 Å². The fourth-order valence-electron chi connectivity index (χ4n) is 3.09. The summed E-state index contributed by atoms with van der Waals surface area (Å²) < 4.78 is 41.7. The number of fused-ring (bicyclic) bond motifs is 1. The Morgan fingerprint density at radius 1 is 1.19 bits per heavy atom. The van der Waals surface area contributed by atoms with E-state index in [9.17, 15) is 23.1 Å². The third-order valence-corrected chi connectivity index (χ3v) is 4.72. The number of amides is 1. The first kappa shape index (κ1) is 20.6. The van der Waals surface area contributed by atoms with Crippen LogP contribution in [0.1, 0.15) is 21.6 Å². The quantitative estimate of drug-likeness (QED) is 0.368. The van der Waals surface area contributed by atoms with Crippen LogP contribution in [0.3, 0.4) is 0 Å². The molecule has 0 aromatic carbocycles. The molecule has 0 aliphatic heterocycles. The van der Waals surface area contributed by atoms with Gasteiger partial charge in [0.2, 0.25) is 0 Å². The van der Waals surface area contributed by atoms with Gasteiger partial charge in [-0.2, -0.15) is 22.1 Å². The number of anilines is 1. The smallest absolute Gasteiger partial charge is 0.416 e. The van der Waals surface area contributed by atoms with Gasteiger partial charge in [-0.3, -0.25) is 4.79 Å². The molecule has 0 saturated heterocycles. The average molecular weight is 449 g/mol. The maximum absolute atomic E-state index is 12.9. The number of nitrogens with one attached hydrogen (secondary N) is 1. The number of hydrogen-bond donors (Lipinski definition) is 2. The molecule has 0 aliphatic rings. The monoisotopic (exact) mass is 448 g/mol. The number of halogens is 4. The summed E-state index contributed by atoms with van der Waals surface area (Å²) in [5.74, 6) is -1.48. The average Bonchev–Trinajstić information content (AvgIpc) is 3.01. The van der Waals surface area contributed by atoms with Gasteiger partial charge in [0.05, 0.1) is 11.8 Å². The van der Waals surface area contributed by atoms with Crippen molar-refractivity contribution in [3.05, 3.63) is 83.0 Å². The van der Waals surface area contributed by atoms with Gasteiger partial charge in [-0.05, 0) is 24.3 Å². The summed E-state index contributed by atoms with van der Waals surface area (Å²) in [6.07, 6.45) is -0.544. The summed E-state index contributed by atoms with van der Waals surface area (Å²) in [4.78, 5) is 20.6. The van der Waals surface area contributed by atoms with Crippen LogP contribution in [0.2, 0.25) is 5.15 Å². The molecular formula is C20H14ClF3N5O2+. The third-order valence-electron chi connectivity index (χ3n) is 4.50. The van der Waals surface area contributed by atoms with Crippen LogP contribution in [-0.4, -0.2) is 25.4 Å². The highest BCUT2D eigenvalue weighted by molar-refractivity contribution is 6.29. The van der Waals surface area contributed by atoms with E-state index in [2.05, 4.69) is 15.3 Å². The molecule has 4 heterocycles. The van der Waals surface area contributed by atoms with E-state index in [0.717, 1.165) is 18.3 Å². The summed E-state index contributed by atoms with van der Waals surface area (Å²) in [7, 11) is 0. The molecule has 0 aliphatic carbocycles. The van der Waals surface area contributed by atoms with Gasteiger partial charge in [0, 0.05) is 24.0 Å². The van der Waals surface area contributed by atoms with Crippen LogP contribution in [0.25, 0.3) is 5.65 Å². The zero-order valence-electron chi connectivity index (χ0n) is 15.6. The van der Waals surface area contributed by atoms with Crippen LogP contribution in [0.5, 0.6) is 5.88 Å². The lowest BCUT2D eigenvalue weighted by Crippen LogP contribution is -2.33. The number of imidazole rings is 1. The zero-order valence-corrected chi connectivity index (χ0v) is 16.4. The van der Waals surface area contributed by atoms with E-state index in [4.69, 9.17) is 11.6 Å². The second kappa shape index (κ2) is 7.88. The predicted molar refractivity (Wildman–Crippen MR) is 105 cm³/mol. The Labute approximate surface area is 178 Å². The molecule has 0 saturated carbocycles. The van der Waals surface area contributed by atoms with Crippen molar-refractivity contribution in [2.45, 2.75) is 12.7 Å². The third kappa shape index (κ3) is 4.15. The van der Waals surface area contributed by atoms with Crippen LogP contribution in [0.15, 0.2) is 61.1 Å². The fourth-order valence-corrected chi connectivity index (χ4v) is 3.20. The Morgan fingerprint density at radius 3 is 2.71 bits per heavy atom. The van der Waals surface area contributed by atoms with Crippen molar-refractivity contribution < 1.29 is 27.6 Å². The lowest BCUT2D eigenvalue weighted by Gasteiger charge is -2.08. The molecule has 1 amide bonds. The van der Waals surface area contributed by atoms with Gasteiger partial charge in [0.25, 0.3) is 11.3 Å². The molecule has 4 aromatic rings. The summed E-state index contributed by atoms with van der Waals surface area (Å²) in [5.41, 5.74) is 0.0914. The van der Waals surface area contributed by atoms with Crippen molar-refractivity contribution >= 4 is 29.0 Å². The van der Waals surface area contributed by atoms with Gasteiger partial charge in [-0.15, -0.1) is 0 Å². The van der Waals surface area contributed by atoms with Crippen molar-refractivity contribution in [1.82, 2.24) is 14.4 Å². The summed E-state index contributed by atoms with van der Waals surface area (Å²) in [6.45, 7) is 0.179. The topological polar surface area (TPSA) is 83.4 Å². The molecule has 4 rings (SSSR count). The standard InChI is InChI=1S/C20H13ClF3N5O2/c21-14-5-4-12(10-26-14)11-29-16-3-1-2-8-28(16)17(19(29)31)18(30)27-15-9-13(6-7-25-15)20(22,23)24/h1-10H,11H2,(H-,25,27,30,31)/p+1. The van der Waals surface area contributed by atoms with Crippen LogP contribution in [0.4, 0.5) is 19.0 Å². The molecule has 31 heavy (non-hydrogen) atoms. The first-order valence-electron chi connectivity index (χ1n) is 8.91. The lowest BCUT2D eigenvalue weighted by atomic mass is 10.2. The van der Waals surface area contributed by atoms with E-state index in [1.165, 1.54) is 15.2 Å². The Morgan fingerprint density at radius 2 is 2.00 bits per heavy atom. The van der Waals surface area contributed by atoms with E-state index < -0.39 is 17.6 Å². The number of carbonyl (C=O) groups is 1. The lowest BCUT2D eigenvalue weighted by molar-refractivity contribution is -0.668. The number of alkyl halides is 3. The van der Waals surface area contributed by atoms with E-state index in [0.29, 0.717) is 16.4 Å². The predicted octanol–water partition coefficient (Wildman–Crippen LogP) is 3.70. The fraction of sp³-hybridized carbons (Fsp3) is 0.100. The molecule has 2 N–H and O–H groups in total. The maximum Gasteiger partial charge on any atom is 0.416 e. The molecule has 11 heteroatoms. The largest absolute Gasteiger partial charge is 0.474 e. The van der Waals surface area contributed by atoms with E-state index in [1.807, 2.05) is 0 Å². The van der Waals surface area contributed by atoms with E-state index in [-0.39, 0.29) is 23.9 Å². The Kier molecular flexibility index (Phi) is 5.24. The van der Waals surface area contributed by atoms with Crippen LogP contribution >= 0.6 is 11.6 Å². The first-order valence-corrected chi connectivity index (χ1v) is 9.29. The second-order valence-electron chi connectivity index (χ2n) is 6.56. The van der Waals surface area contributed by atoms with Crippen LogP contribution in [0, 0.1) is 0 Å². The number of aromatic hydroxyl groups is 1. The highest BCUT2D eigenvalue weighted by Gasteiger charge is 2.33. The van der Waals surface area contributed by atoms with Gasteiger partial charge >= 0.3 is 18.0 Å². The first-order chi connectivity index (χ1) is 14.7. The Hall–Kier alpha value is -3.66. The molecule has 0 bridgehead atoms. The van der Waals surface area contributed by atoms with Gasteiger partial charge in [-0.25, -0.2) is 9.97 Å². The SMILES string of the molecule is O=C(Nc1cc(C(F)(F)F)ccn1)c1c(O)[n+](Cc2ccc(Cl)nc2)c2ccccn12.